The van der Waals surface area contributed by atoms with Crippen LogP contribution in [0, 0.1) is 0 Å². The summed E-state index contributed by atoms with van der Waals surface area (Å²) in [6, 6.07) is 0. The summed E-state index contributed by atoms with van der Waals surface area (Å²) < 4.78 is 24.7. The number of rotatable bonds is 3. The van der Waals surface area contributed by atoms with Crippen LogP contribution < -0.4 is 0 Å². The van der Waals surface area contributed by atoms with Gasteiger partial charge in [-0.15, -0.1) is 0 Å². The smallest absolute Gasteiger partial charge is 0.251 e. The fraction of sp³-hybridized carbons (Fsp3) is 1.00. The zero-order valence-electron chi connectivity index (χ0n) is 4.84. The van der Waals surface area contributed by atoms with Gasteiger partial charge in [0, 0.05) is 8.81 Å². The van der Waals surface area contributed by atoms with Crippen molar-refractivity contribution in [2.75, 3.05) is 12.4 Å². The van der Waals surface area contributed by atoms with E-state index in [1.165, 1.54) is 0 Å². The van der Waals surface area contributed by atoms with E-state index in [1.807, 2.05) is 6.92 Å². The van der Waals surface area contributed by atoms with Gasteiger partial charge in [0.1, 0.15) is 0 Å². The maximum atomic E-state index is 10.2. The summed E-state index contributed by atoms with van der Waals surface area (Å²) >= 11 is 0. The predicted octanol–water partition coefficient (Wildman–Crippen LogP) is 0.576. The van der Waals surface area contributed by atoms with Crippen molar-refractivity contribution in [2.45, 2.75) is 6.92 Å². The van der Waals surface area contributed by atoms with E-state index in [0.29, 0.717) is 0 Å². The quantitative estimate of drug-likeness (QED) is 0.561. The molecule has 50 valence electrons. The molecular formula is C3H9O3PS. The maximum absolute atomic E-state index is 10.2. The van der Waals surface area contributed by atoms with Gasteiger partial charge in [0.2, 0.25) is 0 Å². The molecule has 3 nitrogen and oxygen atoms in total. The SMILES string of the molecule is CCPOS(C)(=O)=O. The Balaban J connectivity index is 3.42. The molecule has 0 aromatic rings. The summed E-state index contributed by atoms with van der Waals surface area (Å²) in [6.07, 6.45) is 1.81. The first kappa shape index (κ1) is 8.34. The van der Waals surface area contributed by atoms with E-state index in [1.54, 1.807) is 0 Å². The molecule has 0 aromatic carbocycles. The topological polar surface area (TPSA) is 43.4 Å². The highest BCUT2D eigenvalue weighted by Crippen LogP contribution is 2.12. The first-order valence-electron chi connectivity index (χ1n) is 2.17. The monoisotopic (exact) mass is 156 g/mol. The third kappa shape index (κ3) is 6.34. The molecule has 1 unspecified atom stereocenters. The van der Waals surface area contributed by atoms with Crippen LogP contribution in [0.3, 0.4) is 0 Å². The van der Waals surface area contributed by atoms with E-state index in [2.05, 4.69) is 3.97 Å². The second kappa shape index (κ2) is 3.38. The summed E-state index contributed by atoms with van der Waals surface area (Å²) in [5.74, 6) is 0. The van der Waals surface area contributed by atoms with Crippen molar-refractivity contribution in [3.8, 4) is 0 Å². The minimum absolute atomic E-state index is 0.0783. The molecule has 0 radical (unpaired) electrons. The second-order valence-electron chi connectivity index (χ2n) is 1.29. The predicted molar refractivity (Wildman–Crippen MR) is 34.8 cm³/mol. The second-order valence-corrected chi connectivity index (χ2v) is 4.36. The molecule has 0 spiro atoms. The fourth-order valence-corrected chi connectivity index (χ4v) is 1.49. The van der Waals surface area contributed by atoms with Gasteiger partial charge in [-0.3, -0.25) is 3.97 Å². The van der Waals surface area contributed by atoms with E-state index >= 15 is 0 Å². The summed E-state index contributed by atoms with van der Waals surface area (Å²) in [4.78, 5) is 0. The lowest BCUT2D eigenvalue weighted by Gasteiger charge is -1.93. The molecule has 0 aliphatic heterocycles. The Bertz CT molecular complexity index is 139. The largest absolute Gasteiger partial charge is 0.267 e. The number of hydrogen-bond acceptors (Lipinski definition) is 3. The van der Waals surface area contributed by atoms with Gasteiger partial charge in [-0.05, 0) is 6.16 Å². The Morgan fingerprint density at radius 2 is 2.12 bits per heavy atom. The normalized spacial score (nSPS) is 13.2. The molecule has 0 aliphatic carbocycles. The molecule has 0 saturated heterocycles. The molecule has 1 atom stereocenters. The molecule has 8 heavy (non-hydrogen) atoms. The highest BCUT2D eigenvalue weighted by Gasteiger charge is 1.97. The standard InChI is InChI=1S/C3H9O3PS/c1-3-7-6-8(2,4)5/h7H,3H2,1-2H3. The molecule has 0 saturated carbocycles. The molecule has 0 aromatic heterocycles. The van der Waals surface area contributed by atoms with Crippen molar-refractivity contribution in [3.63, 3.8) is 0 Å². The average molecular weight is 156 g/mol. The summed E-state index contributed by atoms with van der Waals surface area (Å²) in [6.45, 7) is 1.86. The van der Waals surface area contributed by atoms with Crippen molar-refractivity contribution in [1.82, 2.24) is 0 Å². The molecule has 0 heterocycles. The van der Waals surface area contributed by atoms with Crippen LogP contribution in [0.25, 0.3) is 0 Å². The first-order chi connectivity index (χ1) is 3.56. The molecular weight excluding hydrogens is 147 g/mol. The third-order valence-electron chi connectivity index (χ3n) is 0.355. The maximum Gasteiger partial charge on any atom is 0.267 e. The number of hydrogen-bond donors (Lipinski definition) is 0. The van der Waals surface area contributed by atoms with Gasteiger partial charge >= 0.3 is 0 Å². The molecule has 0 amide bonds. The Morgan fingerprint density at radius 3 is 2.25 bits per heavy atom. The van der Waals surface area contributed by atoms with Gasteiger partial charge in [-0.1, -0.05) is 6.92 Å². The molecule has 0 rings (SSSR count). The fourth-order valence-electron chi connectivity index (χ4n) is 0.166. The van der Waals surface area contributed by atoms with Crippen LogP contribution in [0.15, 0.2) is 0 Å². The van der Waals surface area contributed by atoms with Crippen LogP contribution in [0.2, 0.25) is 0 Å². The van der Waals surface area contributed by atoms with Crippen LogP contribution in [0.1, 0.15) is 6.92 Å². The van der Waals surface area contributed by atoms with Gasteiger partial charge in [0.05, 0.1) is 6.26 Å². The third-order valence-corrected chi connectivity index (χ3v) is 2.33. The van der Waals surface area contributed by atoms with E-state index in [0.717, 1.165) is 12.4 Å². The Hall–Kier alpha value is 0.340. The van der Waals surface area contributed by atoms with E-state index < -0.39 is 10.1 Å². The van der Waals surface area contributed by atoms with Crippen molar-refractivity contribution in [3.05, 3.63) is 0 Å². The minimum atomic E-state index is -3.17. The Morgan fingerprint density at radius 1 is 1.62 bits per heavy atom. The summed E-state index contributed by atoms with van der Waals surface area (Å²) in [5, 5.41) is 0. The molecule has 0 N–H and O–H groups in total. The molecule has 0 bridgehead atoms. The van der Waals surface area contributed by atoms with Crippen molar-refractivity contribution in [1.29, 1.82) is 0 Å². The van der Waals surface area contributed by atoms with Crippen LogP contribution in [-0.2, 0) is 14.1 Å². The van der Waals surface area contributed by atoms with E-state index in [-0.39, 0.29) is 8.81 Å². The summed E-state index contributed by atoms with van der Waals surface area (Å²) in [7, 11) is -3.10. The molecule has 5 heteroatoms. The lowest BCUT2D eigenvalue weighted by atomic mass is 11.0. The van der Waals surface area contributed by atoms with Crippen LogP contribution in [0.4, 0.5) is 0 Å². The van der Waals surface area contributed by atoms with Gasteiger partial charge in [0.15, 0.2) is 0 Å². The Labute approximate surface area is 51.4 Å². The van der Waals surface area contributed by atoms with Crippen LogP contribution in [0.5, 0.6) is 0 Å². The lowest BCUT2D eigenvalue weighted by Crippen LogP contribution is -1.93. The molecule has 0 aliphatic rings. The van der Waals surface area contributed by atoms with Crippen LogP contribution >= 0.6 is 8.81 Å². The van der Waals surface area contributed by atoms with Crippen molar-refractivity contribution >= 4 is 18.9 Å². The highest BCUT2D eigenvalue weighted by molar-refractivity contribution is 7.88. The van der Waals surface area contributed by atoms with Gasteiger partial charge in [-0.2, -0.15) is 8.42 Å². The summed E-state index contributed by atoms with van der Waals surface area (Å²) in [5.41, 5.74) is 0. The zero-order valence-corrected chi connectivity index (χ0v) is 6.66. The van der Waals surface area contributed by atoms with Gasteiger partial charge in [-0.25, -0.2) is 0 Å². The Kier molecular flexibility index (Phi) is 3.53. The average Bonchev–Trinajstić information content (AvgIpc) is 1.59. The van der Waals surface area contributed by atoms with Crippen LogP contribution in [-0.4, -0.2) is 20.8 Å². The van der Waals surface area contributed by atoms with Gasteiger partial charge < -0.3 is 0 Å². The van der Waals surface area contributed by atoms with E-state index in [4.69, 9.17) is 0 Å². The molecule has 0 fully saturated rings. The van der Waals surface area contributed by atoms with E-state index in [9.17, 15) is 8.42 Å². The van der Waals surface area contributed by atoms with Crippen molar-refractivity contribution in [2.24, 2.45) is 0 Å². The first-order valence-corrected chi connectivity index (χ1v) is 5.10. The van der Waals surface area contributed by atoms with Gasteiger partial charge in [0.25, 0.3) is 10.1 Å². The zero-order chi connectivity index (χ0) is 6.62. The minimum Gasteiger partial charge on any atom is -0.251 e. The highest BCUT2D eigenvalue weighted by atomic mass is 32.2. The van der Waals surface area contributed by atoms with Crippen molar-refractivity contribution < 1.29 is 12.4 Å². The lowest BCUT2D eigenvalue weighted by molar-refractivity contribution is 0.521.